The molecule has 27 heteroatoms. The third-order valence-electron chi connectivity index (χ3n) is 30.9. The van der Waals surface area contributed by atoms with E-state index >= 15 is 4.39 Å². The molecule has 26 nitrogen and oxygen atoms in total. The molecule has 0 radical (unpaired) electrons. The Morgan fingerprint density at radius 2 is 1.40 bits per heavy atom. The topological polar surface area (TPSA) is 386 Å². The van der Waals surface area contributed by atoms with Gasteiger partial charge in [0.25, 0.3) is 0 Å². The van der Waals surface area contributed by atoms with Gasteiger partial charge < -0.3 is 98.6 Å². The number of aliphatic hydroxyl groups excluding tert-OH is 6. The van der Waals surface area contributed by atoms with Gasteiger partial charge in [-0.2, -0.15) is 0 Å². The van der Waals surface area contributed by atoms with Crippen LogP contribution in [0.15, 0.2) is 35.5 Å². The number of hydrogen-bond donors (Lipinski definition) is 11. The van der Waals surface area contributed by atoms with Crippen molar-refractivity contribution in [2.24, 2.45) is 80.8 Å². The number of cyclic esters (lactones) is 1. The van der Waals surface area contributed by atoms with Crippen LogP contribution in [0, 0.1) is 80.8 Å². The first-order valence-corrected chi connectivity index (χ1v) is 41.5. The van der Waals surface area contributed by atoms with E-state index in [1.54, 1.807) is 74.7 Å². The normalized spacial score (nSPS) is 50.1. The lowest BCUT2D eigenvalue weighted by Crippen LogP contribution is -2.69. The number of ether oxygens (including phenoxy) is 9. The smallest absolute Gasteiger partial charge is 0.311 e. The monoisotopic (exact) mass is 1590 g/mol. The summed E-state index contributed by atoms with van der Waals surface area (Å²) >= 11 is 0. The minimum atomic E-state index is -1.98. The average Bonchev–Trinajstić information content (AvgIpc) is 1.32. The molecule has 0 amide bonds. The highest BCUT2D eigenvalue weighted by Gasteiger charge is 2.76. The van der Waals surface area contributed by atoms with E-state index in [0.29, 0.717) is 63.7 Å². The Labute approximate surface area is 662 Å². The molecule has 0 aromatic heterocycles. The first-order valence-electron chi connectivity index (χ1n) is 41.5. The van der Waals surface area contributed by atoms with E-state index in [-0.39, 0.29) is 103 Å². The van der Waals surface area contributed by atoms with Crippen molar-refractivity contribution >= 4 is 29.1 Å². The van der Waals surface area contributed by atoms with Crippen LogP contribution in [-0.2, 0) is 66.6 Å². The molecule has 4 saturated heterocycles. The van der Waals surface area contributed by atoms with Crippen LogP contribution >= 0.6 is 0 Å². The molecule has 6 saturated carbocycles. The Bertz CT molecular complexity index is 3460. The summed E-state index contributed by atoms with van der Waals surface area (Å²) in [5, 5.41) is 115. The predicted octanol–water partition coefficient (Wildman–Crippen LogP) is 5.88. The maximum atomic E-state index is 16.9. The maximum Gasteiger partial charge on any atom is 0.311 e. The number of alkyl halides is 1. The lowest BCUT2D eigenvalue weighted by atomic mass is 9.44. The van der Waals surface area contributed by atoms with Crippen molar-refractivity contribution in [3.8, 4) is 0 Å². The van der Waals surface area contributed by atoms with Crippen LogP contribution in [0.3, 0.4) is 0 Å². The molecule has 4 heterocycles. The molecule has 11 N–H and O–H groups in total. The highest BCUT2D eigenvalue weighted by atomic mass is 19.1. The molecule has 0 unspecified atom stereocenters. The Balaban J connectivity index is 0.000000202. The summed E-state index contributed by atoms with van der Waals surface area (Å²) in [7, 11) is 6.90. The molecule has 8 aliphatic carbocycles. The summed E-state index contributed by atoms with van der Waals surface area (Å²) in [5.74, 6) is -4.93. The Kier molecular flexibility index (Phi) is 27.5. The predicted molar refractivity (Wildman–Crippen MR) is 409 cm³/mol. The van der Waals surface area contributed by atoms with Crippen LogP contribution in [0.25, 0.3) is 0 Å². The van der Waals surface area contributed by atoms with Gasteiger partial charge in [0, 0.05) is 73.1 Å². The highest BCUT2D eigenvalue weighted by molar-refractivity contribution is 6.01. The number of Topliss-reactive ketones (excluding diaryl/α,β-unsaturated/α-hetero) is 2. The minimum Gasteiger partial charge on any atom is -0.459 e. The fraction of sp³-hybridized carbons (Fsp3) is 0.871. The fourth-order valence-corrected chi connectivity index (χ4v) is 24.6. The Morgan fingerprint density at radius 3 is 2.04 bits per heavy atom. The number of fused-ring (bicyclic) bond motifs is 12. The second-order valence-corrected chi connectivity index (χ2v) is 37.9. The average molecular weight is 1590 g/mol. The molecule has 10 fully saturated rings. The number of ketones is 4. The zero-order valence-electron chi connectivity index (χ0n) is 69.9. The summed E-state index contributed by atoms with van der Waals surface area (Å²) < 4.78 is 72.6. The van der Waals surface area contributed by atoms with Crippen molar-refractivity contribution in [2.75, 3.05) is 61.3 Å². The molecule has 0 spiro atoms. The van der Waals surface area contributed by atoms with Gasteiger partial charge in [-0.05, 0) is 205 Å². The summed E-state index contributed by atoms with van der Waals surface area (Å²) in [5.41, 5.74) is -10.7. The van der Waals surface area contributed by atoms with E-state index in [4.69, 9.17) is 42.6 Å². The van der Waals surface area contributed by atoms with Crippen molar-refractivity contribution in [1.82, 2.24) is 10.2 Å². The van der Waals surface area contributed by atoms with Crippen LogP contribution in [0.4, 0.5) is 4.39 Å². The van der Waals surface area contributed by atoms with E-state index in [1.807, 2.05) is 60.5 Å². The lowest BCUT2D eigenvalue weighted by molar-refractivity contribution is -0.318. The molecule has 4 aliphatic heterocycles. The number of aliphatic hydroxyl groups is 10. The Morgan fingerprint density at radius 1 is 0.732 bits per heavy atom. The standard InChI is InChI=1S/C42H78N2O14.C22H29FO5.C21H30O5/c1-15-29-42(10,49)37-24(4)32(43-30(56-37)21-52-17-16-50-13)22(2)19-40(8,48)36(58-39-33(45)28(44(11)12)18-23(3)53-39)25(5)34(26(6)38(47)55-29)57-31-20-41(9,51-14)35(46)27(7)54-31;1-12-8-16-15-5-4-13-9-14(25)6-7-19(13,2)21(15,23)17(26)10-20(16,3)22(12,28)18(27)11-24;1-19-7-5-13(23)9-12(19)3-4-14-15-6-8-21(26,17(25)11-22)20(15,2)10-16(24)18(14)19/h22-37,39,43,45-46,48-49H,15-21H2,1-14H3;6-7,9,12,15-17,24,26,28H,4-5,8,10-11H2,1-3H3;9,14-16,18,22,24,26H,3-8,10-11H2,1-2H3/t22-,23-,24+,25+,26-,27+,28+,29-,30-,31+,32+,33-,34+,35+,36-,37+,39+,40-,41-,42-;12-,15+,16+,17+,19+,20+,21+,22+;14-,15-,16-,18+,19-,20-,21-/m110/s1. The van der Waals surface area contributed by atoms with Gasteiger partial charge in [0.05, 0.1) is 79.7 Å². The third kappa shape index (κ3) is 15.7. The molecular weight excluding hydrogens is 1450 g/mol. The molecule has 0 aromatic rings. The number of carbonyl (C=O) groups excluding carboxylic acids is 5. The number of nitrogens with zero attached hydrogens (tertiary/aromatic N) is 1. The van der Waals surface area contributed by atoms with E-state index in [9.17, 15) is 75.0 Å². The van der Waals surface area contributed by atoms with Crippen molar-refractivity contribution in [2.45, 2.75) is 326 Å². The first-order chi connectivity index (χ1) is 52.2. The molecule has 0 aromatic carbocycles. The van der Waals surface area contributed by atoms with E-state index in [2.05, 4.69) is 12.2 Å². The van der Waals surface area contributed by atoms with Crippen molar-refractivity contribution in [1.29, 1.82) is 0 Å². The highest BCUT2D eigenvalue weighted by Crippen LogP contribution is 2.72. The van der Waals surface area contributed by atoms with Crippen molar-refractivity contribution in [3.63, 3.8) is 0 Å². The molecule has 2 bridgehead atoms. The van der Waals surface area contributed by atoms with E-state index in [1.165, 1.54) is 24.8 Å². The van der Waals surface area contributed by atoms with Crippen LogP contribution in [0.2, 0.25) is 0 Å². The number of likely N-dealkylation sites (N-methyl/N-ethyl adjacent to an activating group) is 1. The molecule has 12 aliphatic rings. The summed E-state index contributed by atoms with van der Waals surface area (Å²) in [4.78, 5) is 65.1. The largest absolute Gasteiger partial charge is 0.459 e. The minimum absolute atomic E-state index is 0.0676. The number of rotatable bonds is 16. The second-order valence-electron chi connectivity index (χ2n) is 37.9. The van der Waals surface area contributed by atoms with Gasteiger partial charge in [0.2, 0.25) is 0 Å². The summed E-state index contributed by atoms with van der Waals surface area (Å²) in [6, 6.07) is -0.593. The lowest BCUT2D eigenvalue weighted by Gasteiger charge is -2.62. The SMILES string of the molecule is CC[C@H]1OC(=O)[C@H](C)[C@@H](O[C@H]2C[C@@](C)(OC)[C@@H](O)[C@H](C)O2)[C@H](C)[C@@H](O[C@@H]2O[C@H](C)C[C@H](N(C)C)[C@H]2O)[C@](C)(O)C[C@@H](C)[C@@H]2N[C@@H](COCCOC)O[C@@H]([C@H]2C)[C@]1(C)O.C[C@@H]1C[C@H]2[C@@H]3CCC4=CC(=O)C=C[C@]4(C)[C@@]3(F)[C@@H](O)C[C@]2(C)[C@@]1(O)C(=O)CO.C[C@]12CCC(=O)C=C1CC[C@@H]1[C@@H]2[C@@H](O)C[C@@]2(C)[C@H]1CC[C@]2(O)C(=O)CO. The van der Waals surface area contributed by atoms with Crippen molar-refractivity contribution < 1.29 is 122 Å². The molecule has 638 valence electrons. The van der Waals surface area contributed by atoms with Gasteiger partial charge in [-0.1, -0.05) is 72.6 Å². The number of allylic oxidation sites excluding steroid dienone is 5. The number of carbonyl (C=O) groups is 5. The maximum absolute atomic E-state index is 16.9. The molecule has 112 heavy (non-hydrogen) atoms. The molecular formula is C85H137FN2O24. The zero-order chi connectivity index (χ0) is 83.1. The number of nitrogens with one attached hydrogen (secondary N) is 1. The van der Waals surface area contributed by atoms with Gasteiger partial charge in [0.15, 0.2) is 41.4 Å². The number of esters is 1. The number of halogens is 1. The third-order valence-corrected chi connectivity index (χ3v) is 30.9. The van der Waals surface area contributed by atoms with Crippen LogP contribution in [0.5, 0.6) is 0 Å². The van der Waals surface area contributed by atoms with Crippen LogP contribution in [-0.4, -0.2) is 272 Å². The van der Waals surface area contributed by atoms with Gasteiger partial charge in [-0.3, -0.25) is 29.3 Å². The Hall–Kier alpha value is -3.50. The van der Waals surface area contributed by atoms with Gasteiger partial charge in [0.1, 0.15) is 54.6 Å². The summed E-state index contributed by atoms with van der Waals surface area (Å²) in [6.45, 7) is 27.0. The van der Waals surface area contributed by atoms with E-state index in [0.717, 1.165) is 25.7 Å². The van der Waals surface area contributed by atoms with Gasteiger partial charge in [-0.15, -0.1) is 0 Å². The quantitative estimate of drug-likeness (QED) is 0.0635. The summed E-state index contributed by atoms with van der Waals surface area (Å²) in [6.07, 6.45) is 1.88. The fourth-order valence-electron chi connectivity index (χ4n) is 24.6. The van der Waals surface area contributed by atoms with Crippen molar-refractivity contribution in [3.05, 3.63) is 35.5 Å². The first kappa shape index (κ1) is 90.8. The van der Waals surface area contributed by atoms with E-state index < -0.39 is 178 Å². The second kappa shape index (κ2) is 34.0. The number of methoxy groups -OCH3 is 2. The van der Waals surface area contributed by atoms with Crippen LogP contribution < -0.4 is 5.32 Å². The zero-order valence-corrected chi connectivity index (χ0v) is 69.9. The molecule has 12 rings (SSSR count). The van der Waals surface area contributed by atoms with Gasteiger partial charge >= 0.3 is 5.97 Å². The van der Waals surface area contributed by atoms with Crippen LogP contribution in [0.1, 0.15) is 200 Å². The number of hydrogen-bond acceptors (Lipinski definition) is 26. The molecule has 35 atom stereocenters. The van der Waals surface area contributed by atoms with Gasteiger partial charge in [-0.25, -0.2) is 4.39 Å².